The van der Waals surface area contributed by atoms with Gasteiger partial charge >= 0.3 is 0 Å². The van der Waals surface area contributed by atoms with Crippen LogP contribution < -0.4 is 0 Å². The molecule has 0 radical (unpaired) electrons. The molecular formula is C18H16O. The Kier molecular flexibility index (Phi) is 3.30. The number of hydrogen-bond acceptors (Lipinski definition) is 1. The summed E-state index contributed by atoms with van der Waals surface area (Å²) in [6.45, 7) is 0. The molecule has 1 nitrogen and oxygen atoms in total. The summed E-state index contributed by atoms with van der Waals surface area (Å²) in [6.07, 6.45) is 6.61. The molecule has 1 aliphatic rings. The molecule has 1 atom stereocenters. The van der Waals surface area contributed by atoms with E-state index >= 15 is 0 Å². The molecule has 0 aliphatic heterocycles. The second-order valence-electron chi connectivity index (χ2n) is 4.74. The minimum absolute atomic E-state index is 0.448. The molecule has 94 valence electrons. The van der Waals surface area contributed by atoms with Gasteiger partial charge in [0.2, 0.25) is 0 Å². The minimum atomic E-state index is -0.448. The van der Waals surface area contributed by atoms with E-state index < -0.39 is 6.10 Å². The quantitative estimate of drug-likeness (QED) is 0.862. The van der Waals surface area contributed by atoms with Crippen LogP contribution in [0.25, 0.3) is 11.6 Å². The van der Waals surface area contributed by atoms with Crippen LogP contribution in [0.2, 0.25) is 0 Å². The number of allylic oxidation sites excluding steroid dienone is 2. The van der Waals surface area contributed by atoms with Crippen molar-refractivity contribution in [3.8, 4) is 0 Å². The van der Waals surface area contributed by atoms with Crippen molar-refractivity contribution in [2.24, 2.45) is 0 Å². The van der Waals surface area contributed by atoms with E-state index in [9.17, 15) is 5.11 Å². The highest BCUT2D eigenvalue weighted by molar-refractivity contribution is 5.75. The van der Waals surface area contributed by atoms with Crippen LogP contribution in [0.4, 0.5) is 0 Å². The van der Waals surface area contributed by atoms with Crippen LogP contribution in [0, 0.1) is 0 Å². The fraction of sp³-hybridized carbons (Fsp3) is 0.111. The van der Waals surface area contributed by atoms with E-state index in [-0.39, 0.29) is 0 Å². The number of rotatable bonds is 3. The van der Waals surface area contributed by atoms with Crippen LogP contribution in [0.3, 0.4) is 0 Å². The summed E-state index contributed by atoms with van der Waals surface area (Å²) in [5, 5.41) is 9.97. The standard InChI is InChI=1S/C18H16O/c19-18-13-15(16-11-4-5-12-17(16)18)10-6-9-14-7-2-1-3-8-14/h1-9,11-13,18-19H,10H2/b9-6+. The van der Waals surface area contributed by atoms with Crippen molar-refractivity contribution in [3.05, 3.63) is 83.4 Å². The fourth-order valence-corrected chi connectivity index (χ4v) is 2.48. The van der Waals surface area contributed by atoms with Gasteiger partial charge in [0.25, 0.3) is 0 Å². The van der Waals surface area contributed by atoms with Crippen LogP contribution in [0.5, 0.6) is 0 Å². The van der Waals surface area contributed by atoms with Gasteiger partial charge < -0.3 is 5.11 Å². The van der Waals surface area contributed by atoms with E-state index in [4.69, 9.17) is 0 Å². The molecule has 19 heavy (non-hydrogen) atoms. The largest absolute Gasteiger partial charge is 0.384 e. The smallest absolute Gasteiger partial charge is 0.0983 e. The Morgan fingerprint density at radius 2 is 1.68 bits per heavy atom. The molecule has 1 aliphatic carbocycles. The van der Waals surface area contributed by atoms with E-state index in [1.807, 2.05) is 42.5 Å². The number of aliphatic hydroxyl groups excluding tert-OH is 1. The molecule has 2 aromatic carbocycles. The molecule has 0 amide bonds. The summed E-state index contributed by atoms with van der Waals surface area (Å²) in [5.74, 6) is 0. The topological polar surface area (TPSA) is 20.2 Å². The van der Waals surface area contributed by atoms with E-state index in [1.54, 1.807) is 0 Å². The van der Waals surface area contributed by atoms with Gasteiger partial charge in [-0.05, 0) is 34.8 Å². The van der Waals surface area contributed by atoms with E-state index in [0.717, 1.165) is 12.0 Å². The summed E-state index contributed by atoms with van der Waals surface area (Å²) in [5.41, 5.74) is 4.60. The van der Waals surface area contributed by atoms with Crippen molar-refractivity contribution in [1.29, 1.82) is 0 Å². The number of fused-ring (bicyclic) bond motifs is 1. The summed E-state index contributed by atoms with van der Waals surface area (Å²) < 4.78 is 0. The van der Waals surface area contributed by atoms with Crippen LogP contribution in [-0.2, 0) is 0 Å². The maximum atomic E-state index is 9.97. The first-order valence-corrected chi connectivity index (χ1v) is 6.54. The molecule has 1 unspecified atom stereocenters. The van der Waals surface area contributed by atoms with Gasteiger partial charge in [0.15, 0.2) is 0 Å². The molecule has 1 heteroatoms. The lowest BCUT2D eigenvalue weighted by atomic mass is 10.0. The van der Waals surface area contributed by atoms with Crippen molar-refractivity contribution in [2.75, 3.05) is 0 Å². The number of benzene rings is 2. The Bertz CT molecular complexity index is 623. The zero-order chi connectivity index (χ0) is 13.1. The molecule has 0 fully saturated rings. The van der Waals surface area contributed by atoms with Gasteiger partial charge in [-0.2, -0.15) is 0 Å². The van der Waals surface area contributed by atoms with Gasteiger partial charge in [0.1, 0.15) is 0 Å². The van der Waals surface area contributed by atoms with Crippen molar-refractivity contribution in [1.82, 2.24) is 0 Å². The molecule has 0 saturated carbocycles. The predicted octanol–water partition coefficient (Wildman–Crippen LogP) is 4.22. The van der Waals surface area contributed by atoms with Gasteiger partial charge in [-0.1, -0.05) is 66.7 Å². The number of aliphatic hydroxyl groups is 1. The molecular weight excluding hydrogens is 232 g/mol. The minimum Gasteiger partial charge on any atom is -0.384 e. The summed E-state index contributed by atoms with van der Waals surface area (Å²) >= 11 is 0. The molecule has 2 aromatic rings. The first-order chi connectivity index (χ1) is 9.34. The maximum Gasteiger partial charge on any atom is 0.0983 e. The molecule has 0 aromatic heterocycles. The van der Waals surface area contributed by atoms with Crippen LogP contribution in [0.15, 0.2) is 66.7 Å². The highest BCUT2D eigenvalue weighted by atomic mass is 16.3. The molecule has 3 rings (SSSR count). The van der Waals surface area contributed by atoms with Gasteiger partial charge in [-0.15, -0.1) is 0 Å². The van der Waals surface area contributed by atoms with E-state index in [0.29, 0.717) is 0 Å². The van der Waals surface area contributed by atoms with Crippen LogP contribution >= 0.6 is 0 Å². The van der Waals surface area contributed by atoms with Crippen LogP contribution in [0.1, 0.15) is 29.2 Å². The monoisotopic (exact) mass is 248 g/mol. The van der Waals surface area contributed by atoms with Gasteiger partial charge in [0.05, 0.1) is 6.10 Å². The molecule has 0 bridgehead atoms. The lowest BCUT2D eigenvalue weighted by molar-refractivity contribution is 0.232. The third-order valence-corrected chi connectivity index (χ3v) is 3.43. The highest BCUT2D eigenvalue weighted by Gasteiger charge is 2.19. The van der Waals surface area contributed by atoms with Gasteiger partial charge in [-0.25, -0.2) is 0 Å². The average Bonchev–Trinajstić information content (AvgIpc) is 2.78. The first kappa shape index (κ1) is 11.9. The Morgan fingerprint density at radius 3 is 2.53 bits per heavy atom. The first-order valence-electron chi connectivity index (χ1n) is 6.54. The molecule has 0 saturated heterocycles. The SMILES string of the molecule is OC1C=C(C/C=C/c2ccccc2)c2ccccc21. The normalized spacial score (nSPS) is 17.5. The van der Waals surface area contributed by atoms with Crippen molar-refractivity contribution < 1.29 is 5.11 Å². The predicted molar refractivity (Wildman–Crippen MR) is 79.5 cm³/mol. The summed E-state index contributed by atoms with van der Waals surface area (Å²) in [4.78, 5) is 0. The third-order valence-electron chi connectivity index (χ3n) is 3.43. The number of hydrogen-bond donors (Lipinski definition) is 1. The highest BCUT2D eigenvalue weighted by Crippen LogP contribution is 2.36. The molecule has 0 heterocycles. The molecule has 1 N–H and O–H groups in total. The average molecular weight is 248 g/mol. The van der Waals surface area contributed by atoms with E-state index in [2.05, 4.69) is 30.4 Å². The zero-order valence-corrected chi connectivity index (χ0v) is 10.7. The Labute approximate surface area is 113 Å². The lowest BCUT2D eigenvalue weighted by Gasteiger charge is -2.03. The third kappa shape index (κ3) is 2.51. The van der Waals surface area contributed by atoms with Crippen molar-refractivity contribution in [3.63, 3.8) is 0 Å². The van der Waals surface area contributed by atoms with Gasteiger partial charge in [0, 0.05) is 0 Å². The summed E-state index contributed by atoms with van der Waals surface area (Å²) in [6, 6.07) is 18.3. The lowest BCUT2D eigenvalue weighted by Crippen LogP contribution is -1.89. The Hall–Kier alpha value is -2.12. The van der Waals surface area contributed by atoms with Gasteiger partial charge in [-0.3, -0.25) is 0 Å². The second-order valence-corrected chi connectivity index (χ2v) is 4.74. The van der Waals surface area contributed by atoms with Crippen molar-refractivity contribution in [2.45, 2.75) is 12.5 Å². The van der Waals surface area contributed by atoms with Crippen molar-refractivity contribution >= 4 is 11.6 Å². The molecule has 0 spiro atoms. The Morgan fingerprint density at radius 1 is 0.947 bits per heavy atom. The fourth-order valence-electron chi connectivity index (χ4n) is 2.48. The Balaban J connectivity index is 1.75. The second kappa shape index (κ2) is 5.25. The van der Waals surface area contributed by atoms with Crippen LogP contribution in [-0.4, -0.2) is 5.11 Å². The van der Waals surface area contributed by atoms with E-state index in [1.165, 1.54) is 16.7 Å². The summed E-state index contributed by atoms with van der Waals surface area (Å²) in [7, 11) is 0. The maximum absolute atomic E-state index is 9.97. The zero-order valence-electron chi connectivity index (χ0n) is 10.7.